The number of pyridine rings is 1. The van der Waals surface area contributed by atoms with Crippen LogP contribution in [-0.2, 0) is 16.1 Å². The lowest BCUT2D eigenvalue weighted by molar-refractivity contribution is -0.139. The number of benzene rings is 1. The van der Waals surface area contributed by atoms with Gasteiger partial charge in [0.05, 0.1) is 33.3 Å². The lowest BCUT2D eigenvalue weighted by Gasteiger charge is -2.44. The van der Waals surface area contributed by atoms with Crippen LogP contribution in [0.1, 0.15) is 36.1 Å². The summed E-state index contributed by atoms with van der Waals surface area (Å²) in [5, 5.41) is 0. The van der Waals surface area contributed by atoms with E-state index in [0.29, 0.717) is 42.4 Å². The lowest BCUT2D eigenvalue weighted by Crippen LogP contribution is -2.51. The number of nitrogens with zero attached hydrogens (tertiary/aromatic N) is 3. The van der Waals surface area contributed by atoms with Gasteiger partial charge in [0.25, 0.3) is 5.56 Å². The minimum atomic E-state index is -0.545. The summed E-state index contributed by atoms with van der Waals surface area (Å²) in [6, 6.07) is 8.50. The molecule has 2 bridgehead atoms. The third kappa shape index (κ3) is 3.73. The number of amides is 2. The zero-order valence-corrected chi connectivity index (χ0v) is 20.5. The molecule has 186 valence electrons. The Morgan fingerprint density at radius 1 is 0.943 bits per heavy atom. The number of rotatable bonds is 5. The Balaban J connectivity index is 1.48. The Morgan fingerprint density at radius 3 is 2.43 bits per heavy atom. The Labute approximate surface area is 204 Å². The molecule has 0 spiro atoms. The molecular weight excluding hydrogens is 450 g/mol. The zero-order chi connectivity index (χ0) is 24.9. The number of hydrogen-bond acceptors (Lipinski definition) is 6. The van der Waals surface area contributed by atoms with E-state index in [0.717, 1.165) is 12.1 Å². The van der Waals surface area contributed by atoms with Gasteiger partial charge in [-0.3, -0.25) is 14.4 Å². The molecule has 2 fully saturated rings. The van der Waals surface area contributed by atoms with Crippen molar-refractivity contribution in [1.29, 1.82) is 0 Å². The van der Waals surface area contributed by atoms with Crippen LogP contribution in [0.25, 0.3) is 0 Å². The van der Waals surface area contributed by atoms with E-state index in [1.54, 1.807) is 44.4 Å². The first-order valence-corrected chi connectivity index (χ1v) is 11.9. The highest BCUT2D eigenvalue weighted by Gasteiger charge is 2.47. The van der Waals surface area contributed by atoms with Crippen LogP contribution in [-0.4, -0.2) is 67.6 Å². The predicted octanol–water partition coefficient (Wildman–Crippen LogP) is 2.04. The highest BCUT2D eigenvalue weighted by Crippen LogP contribution is 2.48. The quantitative estimate of drug-likeness (QED) is 0.649. The van der Waals surface area contributed by atoms with E-state index in [2.05, 4.69) is 0 Å². The molecule has 1 aromatic heterocycles. The van der Waals surface area contributed by atoms with E-state index in [9.17, 15) is 14.4 Å². The first-order chi connectivity index (χ1) is 16.9. The van der Waals surface area contributed by atoms with E-state index >= 15 is 0 Å². The number of carbonyl (C=O) groups excluding carboxylic acids is 2. The molecule has 0 unspecified atom stereocenters. The monoisotopic (exact) mass is 481 g/mol. The van der Waals surface area contributed by atoms with Crippen LogP contribution in [0.2, 0.25) is 0 Å². The second-order valence-corrected chi connectivity index (χ2v) is 9.63. The van der Waals surface area contributed by atoms with Crippen molar-refractivity contribution in [2.24, 2.45) is 11.8 Å². The molecule has 2 saturated heterocycles. The normalized spacial score (nSPS) is 25.3. The minimum absolute atomic E-state index is 0.0144. The van der Waals surface area contributed by atoms with E-state index < -0.39 is 12.0 Å². The average molecular weight is 482 g/mol. The van der Waals surface area contributed by atoms with Crippen molar-refractivity contribution in [2.45, 2.75) is 31.3 Å². The standard InChI is InChI=1S/C26H31N3O6/c1-27-22(31)11-18(23(27)17-8-9-20(33-2)25(35-4)24(17)34-3)26(32)28-12-15-10-16(14-28)19-6-5-7-21(30)29(19)13-15/h5-9,15-16,18,23H,10-14H2,1-4H3/t15-,16+,18-,23+/m0/s1. The molecule has 5 rings (SSSR count). The zero-order valence-electron chi connectivity index (χ0n) is 20.5. The fraction of sp³-hybridized carbons (Fsp3) is 0.500. The number of likely N-dealkylation sites (tertiary alicyclic amines) is 2. The molecule has 4 heterocycles. The van der Waals surface area contributed by atoms with Gasteiger partial charge in [0.15, 0.2) is 11.5 Å². The molecule has 0 aliphatic carbocycles. The lowest BCUT2D eigenvalue weighted by atomic mass is 9.82. The first kappa shape index (κ1) is 23.3. The van der Waals surface area contributed by atoms with Crippen LogP contribution in [0.5, 0.6) is 17.2 Å². The van der Waals surface area contributed by atoms with Gasteiger partial charge in [0.1, 0.15) is 0 Å². The maximum absolute atomic E-state index is 13.9. The van der Waals surface area contributed by atoms with Crippen molar-refractivity contribution in [1.82, 2.24) is 14.4 Å². The summed E-state index contributed by atoms with van der Waals surface area (Å²) in [4.78, 5) is 42.7. The molecular formula is C26H31N3O6. The second-order valence-electron chi connectivity index (χ2n) is 9.63. The number of methoxy groups -OCH3 is 3. The molecule has 35 heavy (non-hydrogen) atoms. The van der Waals surface area contributed by atoms with Crippen LogP contribution < -0.4 is 19.8 Å². The van der Waals surface area contributed by atoms with Gasteiger partial charge in [-0.2, -0.15) is 0 Å². The summed E-state index contributed by atoms with van der Waals surface area (Å²) in [5.41, 5.74) is 1.72. The van der Waals surface area contributed by atoms with Gasteiger partial charge in [0, 0.05) is 56.3 Å². The predicted molar refractivity (Wildman–Crippen MR) is 128 cm³/mol. The second kappa shape index (κ2) is 8.94. The Kier molecular flexibility index (Phi) is 5.94. The van der Waals surface area contributed by atoms with Gasteiger partial charge in [-0.05, 0) is 30.5 Å². The smallest absolute Gasteiger partial charge is 0.250 e. The molecule has 3 aliphatic rings. The summed E-state index contributed by atoms with van der Waals surface area (Å²) in [6.45, 7) is 1.75. The largest absolute Gasteiger partial charge is 0.493 e. The molecule has 4 atom stereocenters. The molecule has 0 N–H and O–H groups in total. The van der Waals surface area contributed by atoms with Crippen molar-refractivity contribution >= 4 is 11.8 Å². The van der Waals surface area contributed by atoms with Gasteiger partial charge in [-0.25, -0.2) is 0 Å². The maximum atomic E-state index is 13.9. The molecule has 1 aromatic carbocycles. The van der Waals surface area contributed by atoms with Crippen LogP contribution >= 0.6 is 0 Å². The highest BCUT2D eigenvalue weighted by molar-refractivity contribution is 5.90. The minimum Gasteiger partial charge on any atom is -0.493 e. The van der Waals surface area contributed by atoms with Crippen molar-refractivity contribution in [3.05, 3.63) is 51.9 Å². The fourth-order valence-electron chi connectivity index (χ4n) is 6.18. The van der Waals surface area contributed by atoms with Crippen LogP contribution in [0.3, 0.4) is 0 Å². The topological polar surface area (TPSA) is 90.3 Å². The number of piperidine rings is 1. The number of carbonyl (C=O) groups is 2. The molecule has 9 nitrogen and oxygen atoms in total. The Morgan fingerprint density at radius 2 is 1.71 bits per heavy atom. The third-order valence-electron chi connectivity index (χ3n) is 7.75. The summed E-state index contributed by atoms with van der Waals surface area (Å²) in [7, 11) is 6.35. The Hall–Kier alpha value is -3.49. The Bertz CT molecular complexity index is 1220. The summed E-state index contributed by atoms with van der Waals surface area (Å²) in [6.07, 6.45) is 1.10. The SMILES string of the molecule is COc1ccc([C@@H]2[C@@H](C(=O)N3C[C@@H]4C[C@H](C3)c3cccc(=O)n3C4)CC(=O)N2C)c(OC)c1OC. The van der Waals surface area contributed by atoms with E-state index in [1.165, 1.54) is 7.11 Å². The molecule has 0 saturated carbocycles. The number of hydrogen-bond donors (Lipinski definition) is 0. The maximum Gasteiger partial charge on any atom is 0.250 e. The molecule has 2 aromatic rings. The van der Waals surface area contributed by atoms with E-state index in [-0.39, 0.29) is 35.6 Å². The number of fused-ring (bicyclic) bond motifs is 4. The van der Waals surface area contributed by atoms with Crippen molar-refractivity contribution in [3.63, 3.8) is 0 Å². The van der Waals surface area contributed by atoms with Crippen LogP contribution in [0.15, 0.2) is 35.1 Å². The summed E-state index contributed by atoms with van der Waals surface area (Å²) in [5.74, 6) is 1.07. The third-order valence-corrected chi connectivity index (χ3v) is 7.75. The summed E-state index contributed by atoms with van der Waals surface area (Å²) >= 11 is 0. The van der Waals surface area contributed by atoms with Gasteiger partial charge < -0.3 is 28.6 Å². The van der Waals surface area contributed by atoms with Crippen LogP contribution in [0, 0.1) is 11.8 Å². The van der Waals surface area contributed by atoms with Gasteiger partial charge >= 0.3 is 0 Å². The van der Waals surface area contributed by atoms with Crippen LogP contribution in [0.4, 0.5) is 0 Å². The van der Waals surface area contributed by atoms with E-state index in [1.807, 2.05) is 21.6 Å². The number of aromatic nitrogens is 1. The molecule has 0 radical (unpaired) electrons. The summed E-state index contributed by atoms with van der Waals surface area (Å²) < 4.78 is 18.5. The van der Waals surface area contributed by atoms with Gasteiger partial charge in [0.2, 0.25) is 17.6 Å². The van der Waals surface area contributed by atoms with Crippen molar-refractivity contribution < 1.29 is 23.8 Å². The highest BCUT2D eigenvalue weighted by atomic mass is 16.5. The average Bonchev–Trinajstić information content (AvgIpc) is 3.16. The van der Waals surface area contributed by atoms with E-state index in [4.69, 9.17) is 14.2 Å². The van der Waals surface area contributed by atoms with Crippen molar-refractivity contribution in [2.75, 3.05) is 41.5 Å². The number of ether oxygens (including phenoxy) is 3. The van der Waals surface area contributed by atoms with Crippen molar-refractivity contribution in [3.8, 4) is 17.2 Å². The van der Waals surface area contributed by atoms with Gasteiger partial charge in [-0.15, -0.1) is 0 Å². The molecule has 2 amide bonds. The molecule has 3 aliphatic heterocycles. The fourth-order valence-corrected chi connectivity index (χ4v) is 6.18. The molecule has 9 heteroatoms. The van der Waals surface area contributed by atoms with Gasteiger partial charge in [-0.1, -0.05) is 6.07 Å². The first-order valence-electron chi connectivity index (χ1n) is 11.9.